The molecule has 2 aromatic rings. The van der Waals surface area contributed by atoms with Gasteiger partial charge in [-0.1, -0.05) is 42.5 Å². The predicted octanol–water partition coefficient (Wildman–Crippen LogP) is 3.31. The van der Waals surface area contributed by atoms with Crippen molar-refractivity contribution in [2.45, 2.75) is 32.0 Å². The maximum Gasteiger partial charge on any atom is 0.335 e. The minimum absolute atomic E-state index is 0.336. The van der Waals surface area contributed by atoms with Crippen molar-refractivity contribution in [1.82, 2.24) is 10.2 Å². The molecule has 0 radical (unpaired) electrons. The van der Waals surface area contributed by atoms with E-state index in [1.54, 1.807) is 12.1 Å². The number of carboxylic acid groups (broad SMARTS) is 1. The third-order valence-electron chi connectivity index (χ3n) is 4.85. The van der Waals surface area contributed by atoms with Crippen molar-refractivity contribution in [1.29, 1.82) is 0 Å². The fourth-order valence-corrected chi connectivity index (χ4v) is 3.28. The number of benzene rings is 2. The number of carbonyl (C=O) groups is 1. The molecule has 0 spiro atoms. The first kappa shape index (κ1) is 16.7. The van der Waals surface area contributed by atoms with Crippen molar-refractivity contribution in [3.05, 3.63) is 71.3 Å². The fourth-order valence-electron chi connectivity index (χ4n) is 3.28. The van der Waals surface area contributed by atoms with Crippen LogP contribution in [0.5, 0.6) is 0 Å². The van der Waals surface area contributed by atoms with Gasteiger partial charge in [0.05, 0.1) is 5.56 Å². The van der Waals surface area contributed by atoms with E-state index in [0.29, 0.717) is 17.6 Å². The van der Waals surface area contributed by atoms with Crippen LogP contribution in [-0.4, -0.2) is 35.1 Å². The van der Waals surface area contributed by atoms with E-state index in [0.717, 1.165) is 31.6 Å². The highest BCUT2D eigenvalue weighted by atomic mass is 16.4. The van der Waals surface area contributed by atoms with Gasteiger partial charge in [0.2, 0.25) is 0 Å². The molecule has 1 aliphatic rings. The molecule has 0 bridgehead atoms. The summed E-state index contributed by atoms with van der Waals surface area (Å²) in [5, 5.41) is 12.5. The Kier molecular flexibility index (Phi) is 5.28. The zero-order valence-corrected chi connectivity index (χ0v) is 14.0. The van der Waals surface area contributed by atoms with Crippen LogP contribution in [0.1, 0.15) is 40.9 Å². The molecule has 4 nitrogen and oxygen atoms in total. The highest BCUT2D eigenvalue weighted by molar-refractivity contribution is 5.87. The lowest BCUT2D eigenvalue weighted by molar-refractivity contribution is 0.0697. The third kappa shape index (κ3) is 4.02. The zero-order chi connectivity index (χ0) is 16.9. The first-order chi connectivity index (χ1) is 11.6. The van der Waals surface area contributed by atoms with Crippen LogP contribution in [0.3, 0.4) is 0 Å². The van der Waals surface area contributed by atoms with E-state index in [4.69, 9.17) is 5.11 Å². The number of rotatable bonds is 6. The van der Waals surface area contributed by atoms with E-state index < -0.39 is 5.97 Å². The van der Waals surface area contributed by atoms with Crippen LogP contribution in [0.2, 0.25) is 0 Å². The Morgan fingerprint density at radius 2 is 1.92 bits per heavy atom. The second-order valence-corrected chi connectivity index (χ2v) is 6.45. The molecule has 2 aromatic carbocycles. The number of carboxylic acids is 1. The SMILES string of the molecule is CC(c1ccccc1)N1CCC(NCc2ccc(C(=O)O)cc2)C1. The Bertz CT molecular complexity index is 670. The first-order valence-corrected chi connectivity index (χ1v) is 8.48. The molecule has 3 rings (SSSR count). The molecule has 1 heterocycles. The number of aromatic carboxylic acids is 1. The maximum atomic E-state index is 10.9. The monoisotopic (exact) mass is 324 g/mol. The number of hydrogen-bond acceptors (Lipinski definition) is 3. The van der Waals surface area contributed by atoms with E-state index in [1.165, 1.54) is 5.56 Å². The lowest BCUT2D eigenvalue weighted by atomic mass is 10.1. The lowest BCUT2D eigenvalue weighted by Gasteiger charge is -2.25. The van der Waals surface area contributed by atoms with Crippen LogP contribution in [0, 0.1) is 0 Å². The lowest BCUT2D eigenvalue weighted by Crippen LogP contribution is -2.33. The average Bonchev–Trinajstić information content (AvgIpc) is 3.09. The molecule has 2 N–H and O–H groups in total. The summed E-state index contributed by atoms with van der Waals surface area (Å²) in [6.07, 6.45) is 1.14. The Labute approximate surface area is 143 Å². The summed E-state index contributed by atoms with van der Waals surface area (Å²) in [5.74, 6) is -0.879. The van der Waals surface area contributed by atoms with Crippen molar-refractivity contribution < 1.29 is 9.90 Å². The molecular formula is C20H24N2O2. The van der Waals surface area contributed by atoms with Gasteiger partial charge in [-0.2, -0.15) is 0 Å². The van der Waals surface area contributed by atoms with Gasteiger partial charge in [-0.3, -0.25) is 4.90 Å². The largest absolute Gasteiger partial charge is 0.478 e. The molecule has 1 saturated heterocycles. The van der Waals surface area contributed by atoms with E-state index in [9.17, 15) is 4.79 Å². The van der Waals surface area contributed by atoms with Crippen molar-refractivity contribution in [2.24, 2.45) is 0 Å². The minimum atomic E-state index is -0.879. The summed E-state index contributed by atoms with van der Waals surface area (Å²) in [5.41, 5.74) is 2.82. The van der Waals surface area contributed by atoms with Gasteiger partial charge in [0.25, 0.3) is 0 Å². The minimum Gasteiger partial charge on any atom is -0.478 e. The van der Waals surface area contributed by atoms with Crippen molar-refractivity contribution in [3.8, 4) is 0 Å². The van der Waals surface area contributed by atoms with Gasteiger partial charge in [-0.25, -0.2) is 4.79 Å². The van der Waals surface area contributed by atoms with Crippen molar-refractivity contribution in [3.63, 3.8) is 0 Å². The van der Waals surface area contributed by atoms with Gasteiger partial charge in [0.1, 0.15) is 0 Å². The molecule has 2 unspecified atom stereocenters. The second kappa shape index (κ2) is 7.60. The highest BCUT2D eigenvalue weighted by Crippen LogP contribution is 2.24. The standard InChI is InChI=1S/C20H24N2O2/c1-15(17-5-3-2-4-6-17)22-12-11-19(14-22)21-13-16-7-9-18(10-8-16)20(23)24/h2-10,15,19,21H,11-14H2,1H3,(H,23,24). The van der Waals surface area contributed by atoms with E-state index in [-0.39, 0.29) is 0 Å². The highest BCUT2D eigenvalue weighted by Gasteiger charge is 2.26. The van der Waals surface area contributed by atoms with Gasteiger partial charge in [-0.15, -0.1) is 0 Å². The van der Waals surface area contributed by atoms with Crippen molar-refractivity contribution in [2.75, 3.05) is 13.1 Å². The molecule has 1 fully saturated rings. The zero-order valence-electron chi connectivity index (χ0n) is 14.0. The van der Waals surface area contributed by atoms with E-state index >= 15 is 0 Å². The van der Waals surface area contributed by atoms with Gasteiger partial charge >= 0.3 is 5.97 Å². The topological polar surface area (TPSA) is 52.6 Å². The molecule has 24 heavy (non-hydrogen) atoms. The summed E-state index contributed by atoms with van der Waals surface area (Å²) in [7, 11) is 0. The Morgan fingerprint density at radius 3 is 2.58 bits per heavy atom. The number of nitrogens with zero attached hydrogens (tertiary/aromatic N) is 1. The molecule has 0 amide bonds. The smallest absolute Gasteiger partial charge is 0.335 e. The summed E-state index contributed by atoms with van der Waals surface area (Å²) in [6.45, 7) is 5.19. The fraction of sp³-hybridized carbons (Fsp3) is 0.350. The summed E-state index contributed by atoms with van der Waals surface area (Å²) in [4.78, 5) is 13.4. The molecule has 4 heteroatoms. The van der Waals surface area contributed by atoms with Crippen LogP contribution in [-0.2, 0) is 6.54 Å². The Morgan fingerprint density at radius 1 is 1.21 bits per heavy atom. The molecular weight excluding hydrogens is 300 g/mol. The van der Waals surface area contributed by atoms with Crippen LogP contribution >= 0.6 is 0 Å². The molecule has 126 valence electrons. The van der Waals surface area contributed by atoms with Crippen molar-refractivity contribution >= 4 is 5.97 Å². The van der Waals surface area contributed by atoms with Crippen LogP contribution < -0.4 is 5.32 Å². The number of nitrogens with one attached hydrogen (secondary N) is 1. The quantitative estimate of drug-likeness (QED) is 0.856. The Balaban J connectivity index is 1.50. The second-order valence-electron chi connectivity index (χ2n) is 6.45. The van der Waals surface area contributed by atoms with Gasteiger partial charge < -0.3 is 10.4 Å². The third-order valence-corrected chi connectivity index (χ3v) is 4.85. The Hall–Kier alpha value is -2.17. The normalized spacial score (nSPS) is 19.3. The van der Waals surface area contributed by atoms with E-state index in [2.05, 4.69) is 47.5 Å². The first-order valence-electron chi connectivity index (χ1n) is 8.48. The van der Waals surface area contributed by atoms with Gasteiger partial charge in [0, 0.05) is 31.7 Å². The van der Waals surface area contributed by atoms with Gasteiger partial charge in [0.15, 0.2) is 0 Å². The maximum absolute atomic E-state index is 10.9. The molecule has 2 atom stereocenters. The van der Waals surface area contributed by atoms with Gasteiger partial charge in [-0.05, 0) is 36.6 Å². The van der Waals surface area contributed by atoms with Crippen LogP contribution in [0.4, 0.5) is 0 Å². The predicted molar refractivity (Wildman–Crippen MR) is 95.1 cm³/mol. The van der Waals surface area contributed by atoms with Crippen LogP contribution in [0.25, 0.3) is 0 Å². The summed E-state index contributed by atoms with van der Waals surface area (Å²) >= 11 is 0. The molecule has 1 aliphatic heterocycles. The summed E-state index contributed by atoms with van der Waals surface area (Å²) in [6, 6.07) is 18.6. The molecule has 0 saturated carbocycles. The molecule has 0 aromatic heterocycles. The van der Waals surface area contributed by atoms with Crippen LogP contribution in [0.15, 0.2) is 54.6 Å². The average molecular weight is 324 g/mol. The summed E-state index contributed by atoms with van der Waals surface area (Å²) < 4.78 is 0. The number of hydrogen-bond donors (Lipinski definition) is 2. The molecule has 0 aliphatic carbocycles. The number of likely N-dealkylation sites (tertiary alicyclic amines) is 1. The van der Waals surface area contributed by atoms with E-state index in [1.807, 2.05) is 12.1 Å².